The molecular formula is C16H19N3O2. The summed E-state index contributed by atoms with van der Waals surface area (Å²) in [6.45, 7) is 5.38. The number of anilines is 1. The highest BCUT2D eigenvalue weighted by Gasteiger charge is 2.29. The Labute approximate surface area is 124 Å². The summed E-state index contributed by atoms with van der Waals surface area (Å²) in [5, 5.41) is 11.5. The van der Waals surface area contributed by atoms with Gasteiger partial charge >= 0.3 is 11.8 Å². The molecule has 2 atom stereocenters. The lowest BCUT2D eigenvalue weighted by atomic mass is 9.92. The van der Waals surface area contributed by atoms with Crippen LogP contribution in [0, 0.1) is 23.2 Å². The number of carbonyl (C=O) groups excluding carboxylic acids is 2. The number of benzene rings is 1. The number of hydrogen-bond donors (Lipinski definition) is 1. The van der Waals surface area contributed by atoms with E-state index in [0.29, 0.717) is 36.2 Å². The minimum Gasteiger partial charge on any atom is -0.334 e. The van der Waals surface area contributed by atoms with Gasteiger partial charge in [0.2, 0.25) is 0 Å². The summed E-state index contributed by atoms with van der Waals surface area (Å²) >= 11 is 0. The van der Waals surface area contributed by atoms with Gasteiger partial charge in [-0.25, -0.2) is 0 Å². The summed E-state index contributed by atoms with van der Waals surface area (Å²) in [5.74, 6) is -0.408. The number of likely N-dealkylation sites (tertiary alicyclic amines) is 1. The quantitative estimate of drug-likeness (QED) is 0.802. The van der Waals surface area contributed by atoms with Gasteiger partial charge in [-0.3, -0.25) is 9.59 Å². The molecule has 110 valence electrons. The molecular weight excluding hydrogens is 266 g/mol. The van der Waals surface area contributed by atoms with Crippen LogP contribution in [0.4, 0.5) is 5.69 Å². The van der Waals surface area contributed by atoms with Crippen molar-refractivity contribution in [2.24, 2.45) is 11.8 Å². The molecule has 2 rings (SSSR count). The van der Waals surface area contributed by atoms with Crippen molar-refractivity contribution in [1.29, 1.82) is 5.26 Å². The average Bonchev–Trinajstić information content (AvgIpc) is 2.46. The molecule has 21 heavy (non-hydrogen) atoms. The van der Waals surface area contributed by atoms with Crippen molar-refractivity contribution >= 4 is 17.5 Å². The number of hydrogen-bond acceptors (Lipinski definition) is 3. The molecule has 1 aliphatic heterocycles. The van der Waals surface area contributed by atoms with Crippen LogP contribution >= 0.6 is 0 Å². The zero-order valence-electron chi connectivity index (χ0n) is 12.3. The van der Waals surface area contributed by atoms with E-state index in [9.17, 15) is 9.59 Å². The molecule has 1 heterocycles. The topological polar surface area (TPSA) is 73.2 Å². The molecule has 1 fully saturated rings. The number of para-hydroxylation sites is 1. The minimum absolute atomic E-state index is 0.346. The van der Waals surface area contributed by atoms with Crippen molar-refractivity contribution in [2.75, 3.05) is 18.4 Å². The molecule has 0 aromatic heterocycles. The third-order valence-corrected chi connectivity index (χ3v) is 3.65. The number of carbonyl (C=O) groups is 2. The molecule has 0 spiro atoms. The fourth-order valence-corrected chi connectivity index (χ4v) is 2.84. The van der Waals surface area contributed by atoms with Crippen molar-refractivity contribution in [2.45, 2.75) is 20.3 Å². The summed E-state index contributed by atoms with van der Waals surface area (Å²) in [5.41, 5.74) is 0.718. The van der Waals surface area contributed by atoms with E-state index in [1.807, 2.05) is 6.07 Å². The fourth-order valence-electron chi connectivity index (χ4n) is 2.84. The summed E-state index contributed by atoms with van der Waals surface area (Å²) in [6.07, 6.45) is 1.07. The molecule has 2 unspecified atom stereocenters. The smallest absolute Gasteiger partial charge is 0.313 e. The van der Waals surface area contributed by atoms with E-state index in [-0.39, 0.29) is 0 Å². The lowest BCUT2D eigenvalue weighted by Crippen LogP contribution is -2.47. The molecule has 1 aromatic carbocycles. The van der Waals surface area contributed by atoms with Gasteiger partial charge in [-0.1, -0.05) is 26.0 Å². The Hall–Kier alpha value is -2.35. The summed E-state index contributed by atoms with van der Waals surface area (Å²) in [6, 6.07) is 8.64. The van der Waals surface area contributed by atoms with Gasteiger partial charge in [0.1, 0.15) is 6.07 Å². The van der Waals surface area contributed by atoms with Gasteiger partial charge in [0.25, 0.3) is 0 Å². The van der Waals surface area contributed by atoms with Crippen molar-refractivity contribution in [3.8, 4) is 6.07 Å². The van der Waals surface area contributed by atoms with Crippen LogP contribution in [0.2, 0.25) is 0 Å². The predicted molar refractivity (Wildman–Crippen MR) is 79.3 cm³/mol. The molecule has 2 amide bonds. The lowest BCUT2D eigenvalue weighted by molar-refractivity contribution is -0.144. The monoisotopic (exact) mass is 285 g/mol. The molecule has 0 radical (unpaired) electrons. The van der Waals surface area contributed by atoms with E-state index >= 15 is 0 Å². The van der Waals surface area contributed by atoms with Crippen LogP contribution < -0.4 is 5.32 Å². The first-order valence-electron chi connectivity index (χ1n) is 7.10. The zero-order chi connectivity index (χ0) is 15.4. The third-order valence-electron chi connectivity index (χ3n) is 3.65. The van der Waals surface area contributed by atoms with Gasteiger partial charge in [-0.15, -0.1) is 0 Å². The van der Waals surface area contributed by atoms with Crippen LogP contribution in [0.3, 0.4) is 0 Å². The first kappa shape index (κ1) is 15.0. The normalized spacial score (nSPS) is 21.5. The number of nitrogens with one attached hydrogen (secondary N) is 1. The SMILES string of the molecule is CC1CC(C)CN(C(=O)C(=O)Nc2ccccc2C#N)C1. The zero-order valence-corrected chi connectivity index (χ0v) is 12.3. The van der Waals surface area contributed by atoms with E-state index in [1.54, 1.807) is 29.2 Å². The van der Waals surface area contributed by atoms with Gasteiger partial charge in [-0.2, -0.15) is 5.26 Å². The van der Waals surface area contributed by atoms with Crippen molar-refractivity contribution in [3.63, 3.8) is 0 Å². The molecule has 0 bridgehead atoms. The molecule has 0 aliphatic carbocycles. The van der Waals surface area contributed by atoms with E-state index in [4.69, 9.17) is 5.26 Å². The highest BCUT2D eigenvalue weighted by molar-refractivity contribution is 6.39. The van der Waals surface area contributed by atoms with Gasteiger partial charge in [0.05, 0.1) is 11.3 Å². The van der Waals surface area contributed by atoms with Crippen LogP contribution in [0.25, 0.3) is 0 Å². The fraction of sp³-hybridized carbons (Fsp3) is 0.438. The van der Waals surface area contributed by atoms with Crippen molar-refractivity contribution in [3.05, 3.63) is 29.8 Å². The van der Waals surface area contributed by atoms with Gasteiger partial charge in [0, 0.05) is 13.1 Å². The van der Waals surface area contributed by atoms with Gasteiger partial charge in [-0.05, 0) is 30.4 Å². The van der Waals surface area contributed by atoms with Gasteiger partial charge in [0.15, 0.2) is 0 Å². The third kappa shape index (κ3) is 3.60. The largest absolute Gasteiger partial charge is 0.334 e. The average molecular weight is 285 g/mol. The highest BCUT2D eigenvalue weighted by atomic mass is 16.2. The Balaban J connectivity index is 2.06. The maximum absolute atomic E-state index is 12.2. The Morgan fingerprint density at radius 1 is 1.24 bits per heavy atom. The molecule has 1 aromatic rings. The molecule has 1 aliphatic rings. The number of amides is 2. The van der Waals surface area contributed by atoms with Crippen molar-refractivity contribution < 1.29 is 9.59 Å². The number of piperidine rings is 1. The molecule has 5 nitrogen and oxygen atoms in total. The van der Waals surface area contributed by atoms with E-state index in [1.165, 1.54) is 0 Å². The van der Waals surface area contributed by atoms with Crippen LogP contribution in [0.15, 0.2) is 24.3 Å². The molecule has 0 saturated carbocycles. The first-order valence-corrected chi connectivity index (χ1v) is 7.10. The number of nitriles is 1. The van der Waals surface area contributed by atoms with Crippen LogP contribution in [0.1, 0.15) is 25.8 Å². The standard InChI is InChI=1S/C16H19N3O2/c1-11-7-12(2)10-19(9-11)16(21)15(20)18-14-6-4-3-5-13(14)8-17/h3-6,11-12H,7,9-10H2,1-2H3,(H,18,20). The highest BCUT2D eigenvalue weighted by Crippen LogP contribution is 2.21. The summed E-state index contributed by atoms with van der Waals surface area (Å²) in [7, 11) is 0. The number of rotatable bonds is 1. The summed E-state index contributed by atoms with van der Waals surface area (Å²) < 4.78 is 0. The van der Waals surface area contributed by atoms with Crippen LogP contribution in [0.5, 0.6) is 0 Å². The van der Waals surface area contributed by atoms with Gasteiger partial charge < -0.3 is 10.2 Å². The van der Waals surface area contributed by atoms with Crippen LogP contribution in [-0.2, 0) is 9.59 Å². The second-order valence-corrected chi connectivity index (χ2v) is 5.77. The predicted octanol–water partition coefficient (Wildman–Crippen LogP) is 2.00. The Bertz CT molecular complexity index is 581. The maximum Gasteiger partial charge on any atom is 0.313 e. The second-order valence-electron chi connectivity index (χ2n) is 5.77. The van der Waals surface area contributed by atoms with Crippen LogP contribution in [-0.4, -0.2) is 29.8 Å². The first-order chi connectivity index (χ1) is 10.0. The van der Waals surface area contributed by atoms with E-state index in [0.717, 1.165) is 6.42 Å². The van der Waals surface area contributed by atoms with E-state index in [2.05, 4.69) is 19.2 Å². The molecule has 1 N–H and O–H groups in total. The molecule has 1 saturated heterocycles. The summed E-state index contributed by atoms with van der Waals surface area (Å²) in [4.78, 5) is 25.9. The van der Waals surface area contributed by atoms with Crippen molar-refractivity contribution in [1.82, 2.24) is 4.90 Å². The molecule has 5 heteroatoms. The second kappa shape index (κ2) is 6.40. The Morgan fingerprint density at radius 3 is 2.48 bits per heavy atom. The number of nitrogens with zero attached hydrogens (tertiary/aromatic N) is 2. The Kier molecular flexibility index (Phi) is 4.59. The Morgan fingerprint density at radius 2 is 1.86 bits per heavy atom. The maximum atomic E-state index is 12.2. The lowest BCUT2D eigenvalue weighted by Gasteiger charge is -2.34. The van der Waals surface area contributed by atoms with E-state index < -0.39 is 11.8 Å². The minimum atomic E-state index is -0.681.